The van der Waals surface area contributed by atoms with Gasteiger partial charge in [0.25, 0.3) is 5.56 Å². The van der Waals surface area contributed by atoms with Crippen molar-refractivity contribution in [2.75, 3.05) is 13.6 Å². The Morgan fingerprint density at radius 1 is 1.47 bits per heavy atom. The summed E-state index contributed by atoms with van der Waals surface area (Å²) in [6, 6.07) is 0.405. The SMILES string of the molecule is CC(C)N(C)CCCn1cc(C(=O)O)c(=O)[nH]c1=O. The van der Waals surface area contributed by atoms with Gasteiger partial charge in [-0.05, 0) is 33.9 Å². The van der Waals surface area contributed by atoms with Crippen LogP contribution in [-0.2, 0) is 6.54 Å². The number of nitrogens with one attached hydrogen (secondary N) is 1. The van der Waals surface area contributed by atoms with Crippen molar-refractivity contribution < 1.29 is 9.90 Å². The molecule has 0 atom stereocenters. The van der Waals surface area contributed by atoms with Gasteiger partial charge in [0.2, 0.25) is 0 Å². The predicted octanol–water partition coefficient (Wildman–Crippen LogP) is -0.0349. The molecule has 1 aromatic heterocycles. The molecule has 1 aromatic rings. The number of H-pyrrole nitrogens is 1. The van der Waals surface area contributed by atoms with E-state index in [4.69, 9.17) is 5.11 Å². The average molecular weight is 269 g/mol. The summed E-state index contributed by atoms with van der Waals surface area (Å²) in [5.74, 6) is -1.34. The molecule has 0 radical (unpaired) electrons. The van der Waals surface area contributed by atoms with Gasteiger partial charge in [0.1, 0.15) is 5.56 Å². The molecule has 2 N–H and O–H groups in total. The third-order valence-electron chi connectivity index (χ3n) is 3.03. The van der Waals surface area contributed by atoms with Crippen molar-refractivity contribution in [2.45, 2.75) is 32.9 Å². The number of rotatable bonds is 6. The first-order valence-electron chi connectivity index (χ1n) is 6.10. The summed E-state index contributed by atoms with van der Waals surface area (Å²) in [6.45, 7) is 5.28. The van der Waals surface area contributed by atoms with E-state index < -0.39 is 22.8 Å². The first-order valence-corrected chi connectivity index (χ1v) is 6.10. The normalized spacial score (nSPS) is 11.2. The largest absolute Gasteiger partial charge is 0.477 e. The van der Waals surface area contributed by atoms with E-state index in [1.165, 1.54) is 4.57 Å². The Morgan fingerprint density at radius 3 is 2.63 bits per heavy atom. The highest BCUT2D eigenvalue weighted by molar-refractivity contribution is 5.86. The van der Waals surface area contributed by atoms with E-state index >= 15 is 0 Å². The van der Waals surface area contributed by atoms with Crippen molar-refractivity contribution in [3.8, 4) is 0 Å². The Labute approximate surface area is 110 Å². The van der Waals surface area contributed by atoms with E-state index in [-0.39, 0.29) is 0 Å². The highest BCUT2D eigenvalue weighted by Crippen LogP contribution is 1.97. The molecule has 0 amide bonds. The van der Waals surface area contributed by atoms with Crippen LogP contribution in [0.15, 0.2) is 15.8 Å². The zero-order valence-electron chi connectivity index (χ0n) is 11.3. The number of carbonyl (C=O) groups is 1. The lowest BCUT2D eigenvalue weighted by molar-refractivity contribution is 0.0693. The third-order valence-corrected chi connectivity index (χ3v) is 3.03. The summed E-state index contributed by atoms with van der Waals surface area (Å²) in [4.78, 5) is 37.7. The number of carboxylic acids is 1. The van der Waals surface area contributed by atoms with Crippen molar-refractivity contribution in [2.24, 2.45) is 0 Å². The van der Waals surface area contributed by atoms with Crippen LogP contribution in [0.1, 0.15) is 30.6 Å². The van der Waals surface area contributed by atoms with Crippen molar-refractivity contribution in [3.05, 3.63) is 32.6 Å². The van der Waals surface area contributed by atoms with Crippen LogP contribution in [0.3, 0.4) is 0 Å². The van der Waals surface area contributed by atoms with E-state index in [9.17, 15) is 14.4 Å². The van der Waals surface area contributed by atoms with Gasteiger partial charge in [-0.25, -0.2) is 9.59 Å². The van der Waals surface area contributed by atoms with Gasteiger partial charge in [0.15, 0.2) is 0 Å². The quantitative estimate of drug-likeness (QED) is 0.756. The van der Waals surface area contributed by atoms with Crippen LogP contribution in [0.2, 0.25) is 0 Å². The molecule has 106 valence electrons. The lowest BCUT2D eigenvalue weighted by atomic mass is 10.3. The molecule has 0 spiro atoms. The van der Waals surface area contributed by atoms with Crippen LogP contribution in [0, 0.1) is 0 Å². The molecule has 1 rings (SSSR count). The molecular weight excluding hydrogens is 250 g/mol. The number of hydrogen-bond donors (Lipinski definition) is 2. The maximum absolute atomic E-state index is 11.5. The zero-order valence-corrected chi connectivity index (χ0v) is 11.3. The summed E-state index contributed by atoms with van der Waals surface area (Å²) in [7, 11) is 1.98. The van der Waals surface area contributed by atoms with Crippen LogP contribution in [-0.4, -0.2) is 45.2 Å². The van der Waals surface area contributed by atoms with E-state index in [1.54, 1.807) is 0 Å². The molecular formula is C12H19N3O4. The molecule has 0 aliphatic heterocycles. The number of aromatic amines is 1. The summed E-state index contributed by atoms with van der Waals surface area (Å²) >= 11 is 0. The van der Waals surface area contributed by atoms with Crippen molar-refractivity contribution in [3.63, 3.8) is 0 Å². The van der Waals surface area contributed by atoms with Crippen LogP contribution in [0.5, 0.6) is 0 Å². The third kappa shape index (κ3) is 4.06. The summed E-state index contributed by atoms with van der Waals surface area (Å²) in [6.07, 6.45) is 1.79. The molecule has 1 heterocycles. The molecule has 0 aromatic carbocycles. The molecule has 0 saturated heterocycles. The van der Waals surface area contributed by atoms with Gasteiger partial charge in [-0.3, -0.25) is 14.3 Å². The van der Waals surface area contributed by atoms with E-state index in [2.05, 4.69) is 18.7 Å². The molecule has 19 heavy (non-hydrogen) atoms. The molecule has 0 unspecified atom stereocenters. The fourth-order valence-corrected chi connectivity index (χ4v) is 1.58. The number of hydrogen-bond acceptors (Lipinski definition) is 4. The Morgan fingerprint density at radius 2 is 2.11 bits per heavy atom. The van der Waals surface area contributed by atoms with Crippen molar-refractivity contribution in [1.82, 2.24) is 14.5 Å². The number of aromatic carboxylic acids is 1. The highest BCUT2D eigenvalue weighted by atomic mass is 16.4. The van der Waals surface area contributed by atoms with Crippen molar-refractivity contribution in [1.29, 1.82) is 0 Å². The molecule has 7 heteroatoms. The summed E-state index contributed by atoms with van der Waals surface area (Å²) in [5.41, 5.74) is -1.87. The standard InChI is InChI=1S/C12H19N3O4/c1-8(2)14(3)5-4-6-15-7-9(11(17)18)10(16)13-12(15)19/h7-8H,4-6H2,1-3H3,(H,17,18)(H,13,16,19). The van der Waals surface area contributed by atoms with Gasteiger partial charge < -0.3 is 10.0 Å². The number of aryl methyl sites for hydroxylation is 1. The molecule has 7 nitrogen and oxygen atoms in total. The Balaban J connectivity index is 2.79. The number of carboxylic acid groups (broad SMARTS) is 1. The highest BCUT2D eigenvalue weighted by Gasteiger charge is 2.11. The second-order valence-electron chi connectivity index (χ2n) is 4.73. The maximum atomic E-state index is 11.5. The summed E-state index contributed by atoms with van der Waals surface area (Å²) < 4.78 is 1.22. The first kappa shape index (κ1) is 15.2. The lowest BCUT2D eigenvalue weighted by Crippen LogP contribution is -2.34. The van der Waals surface area contributed by atoms with Gasteiger partial charge in [-0.1, -0.05) is 0 Å². The number of nitrogens with zero attached hydrogens (tertiary/aromatic N) is 2. The molecule has 0 bridgehead atoms. The second-order valence-corrected chi connectivity index (χ2v) is 4.73. The van der Waals surface area contributed by atoms with E-state index in [1.807, 2.05) is 12.0 Å². The fraction of sp³-hybridized carbons (Fsp3) is 0.583. The van der Waals surface area contributed by atoms with Crippen LogP contribution >= 0.6 is 0 Å². The monoisotopic (exact) mass is 269 g/mol. The van der Waals surface area contributed by atoms with Crippen LogP contribution in [0.4, 0.5) is 0 Å². The van der Waals surface area contributed by atoms with Crippen molar-refractivity contribution >= 4 is 5.97 Å². The van der Waals surface area contributed by atoms with Crippen LogP contribution in [0.25, 0.3) is 0 Å². The zero-order chi connectivity index (χ0) is 14.6. The minimum Gasteiger partial charge on any atom is -0.477 e. The fourth-order valence-electron chi connectivity index (χ4n) is 1.58. The van der Waals surface area contributed by atoms with Gasteiger partial charge in [0.05, 0.1) is 0 Å². The van der Waals surface area contributed by atoms with Gasteiger partial charge in [0, 0.05) is 18.8 Å². The Bertz CT molecular complexity index is 559. The van der Waals surface area contributed by atoms with Crippen LogP contribution < -0.4 is 11.2 Å². The van der Waals surface area contributed by atoms with Gasteiger partial charge >= 0.3 is 11.7 Å². The average Bonchev–Trinajstić information content (AvgIpc) is 2.30. The molecule has 0 fully saturated rings. The molecule has 0 aliphatic carbocycles. The summed E-state index contributed by atoms with van der Waals surface area (Å²) in [5, 5.41) is 8.82. The molecule has 0 aliphatic rings. The van der Waals surface area contributed by atoms with Gasteiger partial charge in [-0.15, -0.1) is 0 Å². The number of aromatic nitrogens is 2. The smallest absolute Gasteiger partial charge is 0.342 e. The first-order chi connectivity index (χ1) is 8.82. The minimum atomic E-state index is -1.34. The Hall–Kier alpha value is -1.89. The minimum absolute atomic E-state index is 0.368. The second kappa shape index (κ2) is 6.33. The van der Waals surface area contributed by atoms with E-state index in [0.717, 1.165) is 12.7 Å². The maximum Gasteiger partial charge on any atom is 0.342 e. The Kier molecular flexibility index (Phi) is 5.05. The molecule has 0 saturated carbocycles. The van der Waals surface area contributed by atoms with E-state index in [0.29, 0.717) is 19.0 Å². The lowest BCUT2D eigenvalue weighted by Gasteiger charge is -2.20. The predicted molar refractivity (Wildman–Crippen MR) is 70.7 cm³/mol. The topological polar surface area (TPSA) is 95.4 Å². The van der Waals surface area contributed by atoms with Gasteiger partial charge in [-0.2, -0.15) is 0 Å².